The molecule has 2 aromatic rings. The van der Waals surface area contributed by atoms with Crippen molar-refractivity contribution in [1.82, 2.24) is 0 Å². The third-order valence-corrected chi connectivity index (χ3v) is 8.34. The smallest absolute Gasteiger partial charge is 0.201 e. The Morgan fingerprint density at radius 3 is 1.29 bits per heavy atom. The largest absolute Gasteiger partial charge is 0.451 e. The van der Waals surface area contributed by atoms with Gasteiger partial charge in [-0.05, 0) is 98.3 Å². The van der Waals surface area contributed by atoms with Gasteiger partial charge in [0, 0.05) is 0 Å². The molecule has 2 saturated carbocycles. The molecule has 0 saturated heterocycles. The first-order valence-corrected chi connectivity index (χ1v) is 13.6. The van der Waals surface area contributed by atoms with Crippen LogP contribution in [0.25, 0.3) is 0 Å². The quantitative estimate of drug-likeness (QED) is 0.334. The van der Waals surface area contributed by atoms with Gasteiger partial charge in [0.15, 0.2) is 23.1 Å². The predicted molar refractivity (Wildman–Crippen MR) is 132 cm³/mol. The third-order valence-electron chi connectivity index (χ3n) is 8.34. The van der Waals surface area contributed by atoms with Crippen molar-refractivity contribution in [3.63, 3.8) is 0 Å². The fourth-order valence-electron chi connectivity index (χ4n) is 6.34. The Bertz CT molecular complexity index is 909. The van der Waals surface area contributed by atoms with Gasteiger partial charge in [-0.25, -0.2) is 8.78 Å². The van der Waals surface area contributed by atoms with Gasteiger partial charge < -0.3 is 4.74 Å². The Kier molecular flexibility index (Phi) is 8.77. The molecule has 4 rings (SSSR count). The van der Waals surface area contributed by atoms with Gasteiger partial charge in [-0.1, -0.05) is 51.7 Å². The molecule has 1 nitrogen and oxygen atoms in total. The molecule has 0 atom stereocenters. The summed E-state index contributed by atoms with van der Waals surface area (Å²) in [6.07, 6.45) is 12.1. The second-order valence-corrected chi connectivity index (χ2v) is 10.7. The summed E-state index contributed by atoms with van der Waals surface area (Å²) in [5, 5.41) is 0. The van der Waals surface area contributed by atoms with Crippen molar-refractivity contribution in [2.24, 2.45) is 11.8 Å². The van der Waals surface area contributed by atoms with Crippen molar-refractivity contribution < 1.29 is 22.3 Å². The fourth-order valence-corrected chi connectivity index (χ4v) is 6.34. The van der Waals surface area contributed by atoms with Crippen LogP contribution >= 0.6 is 0 Å². The molecule has 0 aliphatic heterocycles. The maximum Gasteiger partial charge on any atom is 0.201 e. The first kappa shape index (κ1) is 26.0. The molecule has 0 aromatic heterocycles. The minimum Gasteiger partial charge on any atom is -0.451 e. The molecule has 5 heteroatoms. The zero-order chi connectivity index (χ0) is 24.9. The average molecular weight is 491 g/mol. The summed E-state index contributed by atoms with van der Waals surface area (Å²) in [4.78, 5) is 0. The molecular formula is C30H38F4O. The van der Waals surface area contributed by atoms with Crippen LogP contribution in [0.2, 0.25) is 0 Å². The Balaban J connectivity index is 1.45. The number of benzene rings is 2. The Morgan fingerprint density at radius 2 is 0.943 bits per heavy atom. The van der Waals surface area contributed by atoms with Crippen molar-refractivity contribution in [1.29, 1.82) is 0 Å². The highest BCUT2D eigenvalue weighted by molar-refractivity contribution is 5.39. The van der Waals surface area contributed by atoms with Crippen LogP contribution in [0.3, 0.4) is 0 Å². The van der Waals surface area contributed by atoms with Gasteiger partial charge in [0.1, 0.15) is 0 Å². The van der Waals surface area contributed by atoms with E-state index in [1.165, 1.54) is 37.1 Å². The molecular weight excluding hydrogens is 452 g/mol. The molecule has 2 aromatic carbocycles. The first-order valence-electron chi connectivity index (χ1n) is 13.6. The van der Waals surface area contributed by atoms with Gasteiger partial charge in [-0.3, -0.25) is 0 Å². The summed E-state index contributed by atoms with van der Waals surface area (Å²) in [5.41, 5.74) is 0.705. The van der Waals surface area contributed by atoms with Crippen LogP contribution in [0.15, 0.2) is 24.3 Å². The van der Waals surface area contributed by atoms with Gasteiger partial charge >= 0.3 is 0 Å². The van der Waals surface area contributed by atoms with Crippen molar-refractivity contribution in [3.8, 4) is 11.5 Å². The molecule has 2 fully saturated rings. The number of halogens is 4. The highest BCUT2D eigenvalue weighted by Gasteiger charge is 2.29. The first-order chi connectivity index (χ1) is 16.9. The Hall–Kier alpha value is -2.04. The molecule has 0 unspecified atom stereocenters. The van der Waals surface area contributed by atoms with E-state index in [0.717, 1.165) is 64.2 Å². The monoisotopic (exact) mass is 490 g/mol. The van der Waals surface area contributed by atoms with E-state index in [1.54, 1.807) is 0 Å². The van der Waals surface area contributed by atoms with Crippen LogP contribution in [-0.2, 0) is 0 Å². The Labute approximate surface area is 207 Å². The Morgan fingerprint density at radius 1 is 0.571 bits per heavy atom. The van der Waals surface area contributed by atoms with Crippen LogP contribution in [0.4, 0.5) is 17.6 Å². The lowest BCUT2D eigenvalue weighted by atomic mass is 9.77. The fraction of sp³-hybridized carbons (Fsp3) is 0.600. The SMILES string of the molecule is CCCC1CCC(c2ccc(Oc3ccc(C4CCC(CCC)CC4)c(F)c3F)c(F)c2F)CC1. The number of hydrogen-bond donors (Lipinski definition) is 0. The van der Waals surface area contributed by atoms with E-state index < -0.39 is 34.8 Å². The molecule has 0 spiro atoms. The van der Waals surface area contributed by atoms with Gasteiger partial charge in [-0.2, -0.15) is 8.78 Å². The lowest BCUT2D eigenvalue weighted by Gasteiger charge is -2.29. The predicted octanol–water partition coefficient (Wildman–Crippen LogP) is 10.2. The molecule has 0 N–H and O–H groups in total. The number of hydrogen-bond acceptors (Lipinski definition) is 1. The normalized spacial score (nSPS) is 25.0. The van der Waals surface area contributed by atoms with Crippen molar-refractivity contribution in [3.05, 3.63) is 58.7 Å². The lowest BCUT2D eigenvalue weighted by molar-refractivity contribution is 0.300. The molecule has 0 radical (unpaired) electrons. The lowest BCUT2D eigenvalue weighted by Crippen LogP contribution is -2.15. The second-order valence-electron chi connectivity index (χ2n) is 10.7. The van der Waals surface area contributed by atoms with Crippen LogP contribution in [0.5, 0.6) is 11.5 Å². The van der Waals surface area contributed by atoms with Crippen LogP contribution < -0.4 is 4.74 Å². The summed E-state index contributed by atoms with van der Waals surface area (Å²) in [6, 6.07) is 5.75. The van der Waals surface area contributed by atoms with E-state index in [0.29, 0.717) is 23.0 Å². The van der Waals surface area contributed by atoms with E-state index in [2.05, 4.69) is 13.8 Å². The maximum absolute atomic E-state index is 14.9. The van der Waals surface area contributed by atoms with E-state index in [9.17, 15) is 17.6 Å². The summed E-state index contributed by atoms with van der Waals surface area (Å²) < 4.78 is 65.0. The summed E-state index contributed by atoms with van der Waals surface area (Å²) in [6.45, 7) is 4.33. The minimum atomic E-state index is -1.14. The molecule has 192 valence electrons. The topological polar surface area (TPSA) is 9.23 Å². The molecule has 2 aliphatic carbocycles. The summed E-state index contributed by atoms with van der Waals surface area (Å²) >= 11 is 0. The van der Waals surface area contributed by atoms with Crippen LogP contribution in [-0.4, -0.2) is 0 Å². The molecule has 0 amide bonds. The second kappa shape index (κ2) is 11.8. The van der Waals surface area contributed by atoms with Crippen LogP contribution in [0, 0.1) is 35.1 Å². The standard InChI is InChI=1S/C30H38F4O/c1-3-5-19-7-11-21(12-8-19)23-15-17-25(29(33)27(23)31)35-26-18-16-24(28(32)30(26)34)22-13-9-20(6-4-2)10-14-22/h15-22H,3-14H2,1-2H3. The molecule has 2 aliphatic rings. The summed E-state index contributed by atoms with van der Waals surface area (Å²) in [7, 11) is 0. The zero-order valence-corrected chi connectivity index (χ0v) is 21.0. The number of rotatable bonds is 8. The van der Waals surface area contributed by atoms with Crippen molar-refractivity contribution in [2.45, 2.75) is 103 Å². The van der Waals surface area contributed by atoms with E-state index in [-0.39, 0.29) is 11.8 Å². The van der Waals surface area contributed by atoms with E-state index >= 15 is 0 Å². The molecule has 0 heterocycles. The van der Waals surface area contributed by atoms with Crippen LogP contribution in [0.1, 0.15) is 114 Å². The highest BCUT2D eigenvalue weighted by atomic mass is 19.2. The average Bonchev–Trinajstić information content (AvgIpc) is 2.87. The van der Waals surface area contributed by atoms with Gasteiger partial charge in [0.2, 0.25) is 11.6 Å². The molecule has 0 bridgehead atoms. The van der Waals surface area contributed by atoms with Gasteiger partial charge in [0.05, 0.1) is 0 Å². The molecule has 35 heavy (non-hydrogen) atoms. The van der Waals surface area contributed by atoms with Crippen molar-refractivity contribution in [2.75, 3.05) is 0 Å². The van der Waals surface area contributed by atoms with E-state index in [4.69, 9.17) is 4.74 Å². The minimum absolute atomic E-state index is 0.0208. The van der Waals surface area contributed by atoms with Gasteiger partial charge in [-0.15, -0.1) is 0 Å². The number of ether oxygens (including phenoxy) is 1. The highest BCUT2D eigenvalue weighted by Crippen LogP contribution is 2.42. The zero-order valence-electron chi connectivity index (χ0n) is 21.0. The van der Waals surface area contributed by atoms with E-state index in [1.807, 2.05) is 0 Å². The summed E-state index contributed by atoms with van der Waals surface area (Å²) in [5.74, 6) is -3.72. The van der Waals surface area contributed by atoms with Gasteiger partial charge in [0.25, 0.3) is 0 Å². The third kappa shape index (κ3) is 5.86. The maximum atomic E-state index is 14.9. The van der Waals surface area contributed by atoms with Crippen molar-refractivity contribution >= 4 is 0 Å².